The molecule has 0 spiro atoms. The molecule has 128 valence electrons. The highest BCUT2D eigenvalue weighted by Crippen LogP contribution is 2.23. The van der Waals surface area contributed by atoms with Crippen molar-refractivity contribution in [3.8, 4) is 5.75 Å². The van der Waals surface area contributed by atoms with E-state index in [1.54, 1.807) is 12.2 Å². The fourth-order valence-electron chi connectivity index (χ4n) is 2.63. The quantitative estimate of drug-likeness (QED) is 0.479. The summed E-state index contributed by atoms with van der Waals surface area (Å²) >= 11 is 0. The predicted octanol–water partition coefficient (Wildman–Crippen LogP) is 2.99. The zero-order valence-electron chi connectivity index (χ0n) is 13.8. The molecule has 1 aliphatic rings. The van der Waals surface area contributed by atoms with Gasteiger partial charge in [0, 0.05) is 12.0 Å². The number of hydrazine groups is 1. The normalized spacial score (nSPS) is 15.0. The van der Waals surface area contributed by atoms with E-state index in [2.05, 4.69) is 17.4 Å². The second kappa shape index (κ2) is 9.55. The molecule has 0 radical (unpaired) electrons. The summed E-state index contributed by atoms with van der Waals surface area (Å²) in [5, 5.41) is 0. The van der Waals surface area contributed by atoms with Crippen LogP contribution in [-0.4, -0.2) is 18.4 Å². The molecule has 1 aromatic rings. The molecule has 0 bridgehead atoms. The van der Waals surface area contributed by atoms with Gasteiger partial charge in [0.15, 0.2) is 0 Å². The Morgan fingerprint density at radius 2 is 1.83 bits per heavy atom. The van der Waals surface area contributed by atoms with Gasteiger partial charge < -0.3 is 4.74 Å². The molecule has 0 atom stereocenters. The SMILES string of the molecule is C=CCOc1ccc(/C=C/C(=O)NNC(=O)C2CCCCC2)cc1. The summed E-state index contributed by atoms with van der Waals surface area (Å²) in [6.45, 7) is 4.05. The molecule has 24 heavy (non-hydrogen) atoms. The predicted molar refractivity (Wildman–Crippen MR) is 94.0 cm³/mol. The van der Waals surface area contributed by atoms with Gasteiger partial charge in [0.1, 0.15) is 12.4 Å². The average molecular weight is 328 g/mol. The van der Waals surface area contributed by atoms with Crippen molar-refractivity contribution >= 4 is 17.9 Å². The molecule has 1 aromatic carbocycles. The molecular weight excluding hydrogens is 304 g/mol. The molecule has 0 aliphatic heterocycles. The van der Waals surface area contributed by atoms with E-state index in [0.717, 1.165) is 37.0 Å². The first-order valence-electron chi connectivity index (χ1n) is 8.30. The van der Waals surface area contributed by atoms with Crippen molar-refractivity contribution in [1.82, 2.24) is 10.9 Å². The maximum Gasteiger partial charge on any atom is 0.262 e. The smallest absolute Gasteiger partial charge is 0.262 e. The number of hydrogen-bond donors (Lipinski definition) is 2. The third kappa shape index (κ3) is 5.91. The summed E-state index contributed by atoms with van der Waals surface area (Å²) in [6.07, 6.45) is 9.91. The van der Waals surface area contributed by atoms with Crippen molar-refractivity contribution in [2.75, 3.05) is 6.61 Å². The number of amides is 2. The van der Waals surface area contributed by atoms with Gasteiger partial charge in [0.05, 0.1) is 0 Å². The first-order valence-corrected chi connectivity index (χ1v) is 8.30. The van der Waals surface area contributed by atoms with Crippen LogP contribution in [0.1, 0.15) is 37.7 Å². The van der Waals surface area contributed by atoms with Crippen LogP contribution in [0, 0.1) is 5.92 Å². The van der Waals surface area contributed by atoms with Gasteiger partial charge in [0.25, 0.3) is 5.91 Å². The second-order valence-corrected chi connectivity index (χ2v) is 5.82. The lowest BCUT2D eigenvalue weighted by Crippen LogP contribution is -2.44. The van der Waals surface area contributed by atoms with Crippen LogP contribution in [0.2, 0.25) is 0 Å². The highest BCUT2D eigenvalue weighted by atomic mass is 16.5. The molecule has 1 saturated carbocycles. The lowest BCUT2D eigenvalue weighted by Gasteiger charge is -2.20. The summed E-state index contributed by atoms with van der Waals surface area (Å²) in [4.78, 5) is 23.7. The van der Waals surface area contributed by atoms with Crippen LogP contribution in [0.15, 0.2) is 43.0 Å². The minimum Gasteiger partial charge on any atom is -0.490 e. The molecule has 2 N–H and O–H groups in total. The third-order valence-electron chi connectivity index (χ3n) is 3.96. The molecule has 1 fully saturated rings. The summed E-state index contributed by atoms with van der Waals surface area (Å²) in [6, 6.07) is 7.35. The zero-order valence-corrected chi connectivity index (χ0v) is 13.8. The van der Waals surface area contributed by atoms with Gasteiger partial charge in [-0.2, -0.15) is 0 Å². The lowest BCUT2D eigenvalue weighted by atomic mass is 9.89. The van der Waals surface area contributed by atoms with Crippen LogP contribution in [0.3, 0.4) is 0 Å². The maximum atomic E-state index is 11.9. The lowest BCUT2D eigenvalue weighted by molar-refractivity contribution is -0.130. The van der Waals surface area contributed by atoms with Crippen LogP contribution in [0.4, 0.5) is 0 Å². The van der Waals surface area contributed by atoms with E-state index in [9.17, 15) is 9.59 Å². The van der Waals surface area contributed by atoms with Crippen molar-refractivity contribution < 1.29 is 14.3 Å². The highest BCUT2D eigenvalue weighted by molar-refractivity contribution is 5.93. The number of benzene rings is 1. The van der Waals surface area contributed by atoms with E-state index in [4.69, 9.17) is 4.74 Å². The molecule has 5 heteroatoms. The van der Waals surface area contributed by atoms with Crippen molar-refractivity contribution in [2.24, 2.45) is 5.92 Å². The fraction of sp³-hybridized carbons (Fsp3) is 0.368. The Bertz CT molecular complexity index is 587. The Labute approximate surface area is 142 Å². The number of rotatable bonds is 6. The summed E-state index contributed by atoms with van der Waals surface area (Å²) < 4.78 is 5.39. The largest absolute Gasteiger partial charge is 0.490 e. The topological polar surface area (TPSA) is 67.4 Å². The monoisotopic (exact) mass is 328 g/mol. The van der Waals surface area contributed by atoms with Crippen LogP contribution in [0.5, 0.6) is 5.75 Å². The standard InChI is InChI=1S/C19H24N2O3/c1-2-14-24-17-11-8-15(9-12-17)10-13-18(22)20-21-19(23)16-6-4-3-5-7-16/h2,8-13,16H,1,3-7,14H2,(H,20,22)(H,21,23)/b13-10+. The molecule has 2 rings (SSSR count). The van der Waals surface area contributed by atoms with E-state index in [1.807, 2.05) is 24.3 Å². The number of carbonyl (C=O) groups excluding carboxylic acids is 2. The van der Waals surface area contributed by atoms with E-state index >= 15 is 0 Å². The van der Waals surface area contributed by atoms with Gasteiger partial charge in [-0.1, -0.05) is 44.1 Å². The Kier molecular flexibility index (Phi) is 7.08. The number of ether oxygens (including phenoxy) is 1. The van der Waals surface area contributed by atoms with Gasteiger partial charge in [-0.25, -0.2) is 0 Å². The van der Waals surface area contributed by atoms with Crippen molar-refractivity contribution in [3.05, 3.63) is 48.6 Å². The second-order valence-electron chi connectivity index (χ2n) is 5.82. The first-order chi connectivity index (χ1) is 11.7. The highest BCUT2D eigenvalue weighted by Gasteiger charge is 2.20. The molecule has 1 aliphatic carbocycles. The van der Waals surface area contributed by atoms with Gasteiger partial charge in [-0.15, -0.1) is 0 Å². The average Bonchev–Trinajstić information content (AvgIpc) is 2.64. The maximum absolute atomic E-state index is 11.9. The Balaban J connectivity index is 1.75. The molecule has 0 heterocycles. The molecule has 0 saturated heterocycles. The summed E-state index contributed by atoms with van der Waals surface area (Å²) in [5.74, 6) is 0.314. The van der Waals surface area contributed by atoms with Crippen LogP contribution >= 0.6 is 0 Å². The van der Waals surface area contributed by atoms with E-state index in [1.165, 1.54) is 12.5 Å². The molecule has 5 nitrogen and oxygen atoms in total. The van der Waals surface area contributed by atoms with E-state index in [-0.39, 0.29) is 17.7 Å². The summed E-state index contributed by atoms with van der Waals surface area (Å²) in [7, 11) is 0. The van der Waals surface area contributed by atoms with Crippen molar-refractivity contribution in [3.63, 3.8) is 0 Å². The first kappa shape index (κ1) is 17.8. The number of carbonyl (C=O) groups is 2. The Morgan fingerprint density at radius 1 is 1.12 bits per heavy atom. The van der Waals surface area contributed by atoms with Crippen LogP contribution < -0.4 is 15.6 Å². The zero-order chi connectivity index (χ0) is 17.2. The van der Waals surface area contributed by atoms with Gasteiger partial charge in [-0.3, -0.25) is 20.4 Å². The van der Waals surface area contributed by atoms with Crippen molar-refractivity contribution in [2.45, 2.75) is 32.1 Å². The van der Waals surface area contributed by atoms with Gasteiger partial charge >= 0.3 is 0 Å². The van der Waals surface area contributed by atoms with Gasteiger partial charge in [-0.05, 0) is 36.6 Å². The summed E-state index contributed by atoms with van der Waals surface area (Å²) in [5.41, 5.74) is 5.80. The minimum absolute atomic E-state index is 0.0196. The van der Waals surface area contributed by atoms with E-state index in [0.29, 0.717) is 6.61 Å². The Hall–Kier alpha value is -2.56. The van der Waals surface area contributed by atoms with Crippen LogP contribution in [-0.2, 0) is 9.59 Å². The fourth-order valence-corrected chi connectivity index (χ4v) is 2.63. The van der Waals surface area contributed by atoms with Crippen LogP contribution in [0.25, 0.3) is 6.08 Å². The van der Waals surface area contributed by atoms with Crippen molar-refractivity contribution in [1.29, 1.82) is 0 Å². The third-order valence-corrected chi connectivity index (χ3v) is 3.96. The molecule has 0 aromatic heterocycles. The Morgan fingerprint density at radius 3 is 2.50 bits per heavy atom. The minimum atomic E-state index is -0.355. The van der Waals surface area contributed by atoms with E-state index < -0.39 is 0 Å². The number of hydrogen-bond acceptors (Lipinski definition) is 3. The molecule has 0 unspecified atom stereocenters. The molecular formula is C19H24N2O3. The number of nitrogens with one attached hydrogen (secondary N) is 2. The molecule has 2 amide bonds. The van der Waals surface area contributed by atoms with Gasteiger partial charge in [0.2, 0.25) is 5.91 Å².